The van der Waals surface area contributed by atoms with E-state index in [1.54, 1.807) is 62.4 Å². The average Bonchev–Trinajstić information content (AvgIpc) is 3.25. The largest absolute Gasteiger partial charge is 0.505 e. The Morgan fingerprint density at radius 1 is 0.672 bits per heavy atom. The van der Waals surface area contributed by atoms with Gasteiger partial charge in [0.25, 0.3) is 26.1 Å². The van der Waals surface area contributed by atoms with Gasteiger partial charge in [-0.2, -0.15) is 39.7 Å². The van der Waals surface area contributed by atoms with Crippen molar-refractivity contribution in [2.45, 2.75) is 30.1 Å². The number of para-hydroxylation sites is 1. The van der Waals surface area contributed by atoms with E-state index >= 15 is 0 Å². The number of benzene rings is 7. The highest BCUT2D eigenvalue weighted by molar-refractivity contribution is 7.86. The summed E-state index contributed by atoms with van der Waals surface area (Å²) in [4.78, 5) is 12.4. The first-order valence-corrected chi connectivity index (χ1v) is 22.9. The van der Waals surface area contributed by atoms with E-state index in [0.717, 1.165) is 5.69 Å². The number of fused-ring (bicyclic) bond motifs is 2. The van der Waals surface area contributed by atoms with E-state index in [2.05, 4.69) is 43.7 Å². The molecule has 1 amide bonds. The van der Waals surface area contributed by atoms with E-state index in [1.165, 1.54) is 43.5 Å². The van der Waals surface area contributed by atoms with Crippen LogP contribution in [0.1, 0.15) is 27.9 Å². The van der Waals surface area contributed by atoms with Gasteiger partial charge in [-0.15, -0.1) is 10.2 Å². The fourth-order valence-electron chi connectivity index (χ4n) is 6.67. The molecule has 0 atom stereocenters. The number of rotatable bonds is 15. The number of aromatic hydroxyl groups is 1. The average molecular weight is 921 g/mol. The Balaban J connectivity index is 1.09. The van der Waals surface area contributed by atoms with Crippen molar-refractivity contribution in [3.05, 3.63) is 132 Å². The molecular formula is C45H40N6O10S3. The molecule has 0 bridgehead atoms. The maximum absolute atomic E-state index is 13.4. The van der Waals surface area contributed by atoms with E-state index < -0.39 is 42.5 Å². The summed E-state index contributed by atoms with van der Waals surface area (Å²) in [6.07, 6.45) is 0.617. The Labute approximate surface area is 373 Å². The lowest BCUT2D eigenvalue weighted by molar-refractivity contribution is 0.102. The number of phenols is 1. The third-order valence-electron chi connectivity index (χ3n) is 9.87. The van der Waals surface area contributed by atoms with Crippen molar-refractivity contribution in [2.75, 3.05) is 30.1 Å². The number of carbonyl (C=O) groups excluding carboxylic acids is 1. The summed E-state index contributed by atoms with van der Waals surface area (Å²) in [6.45, 7) is 3.77. The molecule has 19 heteroatoms. The second kappa shape index (κ2) is 18.8. The van der Waals surface area contributed by atoms with E-state index in [-0.39, 0.29) is 39.3 Å². The normalized spacial score (nSPS) is 12.0. The van der Waals surface area contributed by atoms with Crippen molar-refractivity contribution in [1.82, 2.24) is 0 Å². The molecule has 0 heterocycles. The molecule has 64 heavy (non-hydrogen) atoms. The van der Waals surface area contributed by atoms with Crippen LogP contribution in [-0.2, 0) is 20.2 Å². The number of methoxy groups -OCH3 is 1. The fourth-order valence-corrected chi connectivity index (χ4v) is 8.18. The number of phenolic OH excluding ortho intramolecular Hbond substituents is 1. The van der Waals surface area contributed by atoms with E-state index in [9.17, 15) is 35.8 Å². The van der Waals surface area contributed by atoms with Gasteiger partial charge in [0, 0.05) is 39.5 Å². The van der Waals surface area contributed by atoms with Gasteiger partial charge < -0.3 is 25.2 Å². The molecule has 0 saturated carbocycles. The Morgan fingerprint density at radius 2 is 1.30 bits per heavy atom. The Bertz CT molecular complexity index is 3240. The molecule has 0 unspecified atom stereocenters. The highest BCUT2D eigenvalue weighted by atomic mass is 32.2. The molecule has 7 rings (SSSR count). The fraction of sp³-hybridized carbons (Fsp3) is 0.133. The molecule has 0 aliphatic heterocycles. The minimum absolute atomic E-state index is 0.222. The number of aryl methyl sites for hydroxylation is 2. The maximum Gasteiger partial charge on any atom is 0.296 e. The molecule has 328 valence electrons. The van der Waals surface area contributed by atoms with Crippen LogP contribution >= 0.6 is 12.6 Å². The molecule has 0 spiro atoms. The number of nitrogens with zero attached hydrogens (tertiary/aromatic N) is 4. The van der Waals surface area contributed by atoms with Crippen molar-refractivity contribution in [2.24, 2.45) is 20.5 Å². The predicted octanol–water partition coefficient (Wildman–Crippen LogP) is 11.3. The van der Waals surface area contributed by atoms with Crippen LogP contribution in [0.25, 0.3) is 21.5 Å². The Hall–Kier alpha value is -6.90. The first-order chi connectivity index (χ1) is 30.5. The smallest absolute Gasteiger partial charge is 0.296 e. The lowest BCUT2D eigenvalue weighted by Crippen LogP contribution is -2.12. The lowest BCUT2D eigenvalue weighted by atomic mass is 10.1. The summed E-state index contributed by atoms with van der Waals surface area (Å²) >= 11 is 4.16. The molecule has 7 aromatic carbocycles. The van der Waals surface area contributed by atoms with E-state index in [1.807, 2.05) is 30.3 Å². The monoisotopic (exact) mass is 920 g/mol. The number of thiol groups is 1. The minimum Gasteiger partial charge on any atom is -0.505 e. The SMILES string of the molecule is COc1cc(C(=O)Nc2ccc3c(S(=O)(=O)O)cc(OCCCS)cc3c2)ccc1N=Nc1cc(C)c(N=Nc2c(S(=O)(=O)O)cc3cc(Nc4ccccc4)ccc3c2O)cc1C. The standard InChI is InChI=1S/C45H40N6O10S3/c1-26-19-39(50-51-43-42(64(57,58)59)24-30-21-32(12-14-36(30)44(43)52)46-31-8-5-4-6-9-31)27(2)18-38(26)49-48-37-15-10-28(23-40(37)60-3)45(53)47-33-11-13-35-29(20-33)22-34(61-16-7-17-62)25-41(35)63(54,55)56/h4-6,8-15,18-25,46,52,62H,7,16-17H2,1-3H3,(H,47,53)(H,54,55,56)(H,57,58,59). The van der Waals surface area contributed by atoms with Crippen LogP contribution < -0.4 is 20.1 Å². The van der Waals surface area contributed by atoms with E-state index in [0.29, 0.717) is 62.5 Å². The number of hydrogen-bond donors (Lipinski definition) is 6. The van der Waals surface area contributed by atoms with Crippen LogP contribution in [0.15, 0.2) is 146 Å². The zero-order chi connectivity index (χ0) is 45.8. The van der Waals surface area contributed by atoms with Crippen LogP contribution in [0.5, 0.6) is 17.2 Å². The number of anilines is 3. The van der Waals surface area contributed by atoms with E-state index in [4.69, 9.17) is 9.47 Å². The number of hydrogen-bond acceptors (Lipinski definition) is 14. The van der Waals surface area contributed by atoms with Crippen molar-refractivity contribution in [1.29, 1.82) is 0 Å². The molecule has 5 N–H and O–H groups in total. The van der Waals surface area contributed by atoms with Crippen LogP contribution in [0.4, 0.5) is 39.8 Å². The van der Waals surface area contributed by atoms with Crippen molar-refractivity contribution < 1.29 is 45.3 Å². The van der Waals surface area contributed by atoms with Gasteiger partial charge in [-0.25, -0.2) is 0 Å². The van der Waals surface area contributed by atoms with Gasteiger partial charge in [-0.3, -0.25) is 13.9 Å². The highest BCUT2D eigenvalue weighted by Crippen LogP contribution is 2.43. The van der Waals surface area contributed by atoms with Crippen LogP contribution in [0.2, 0.25) is 0 Å². The van der Waals surface area contributed by atoms with Gasteiger partial charge in [-0.05, 0) is 133 Å². The summed E-state index contributed by atoms with van der Waals surface area (Å²) in [5.41, 5.74) is 3.84. The number of amides is 1. The van der Waals surface area contributed by atoms with Crippen molar-refractivity contribution in [3.63, 3.8) is 0 Å². The van der Waals surface area contributed by atoms with Crippen LogP contribution in [0.3, 0.4) is 0 Å². The third-order valence-corrected chi connectivity index (χ3v) is 11.9. The zero-order valence-electron chi connectivity index (χ0n) is 34.3. The summed E-state index contributed by atoms with van der Waals surface area (Å²) in [7, 11) is -8.02. The first kappa shape index (κ1) is 45.1. The van der Waals surface area contributed by atoms with Gasteiger partial charge in [0.1, 0.15) is 32.7 Å². The van der Waals surface area contributed by atoms with Gasteiger partial charge >= 0.3 is 0 Å². The highest BCUT2D eigenvalue weighted by Gasteiger charge is 2.23. The number of carbonyl (C=O) groups is 1. The quantitative estimate of drug-likeness (QED) is 0.0245. The Kier molecular flexibility index (Phi) is 13.3. The second-order valence-corrected chi connectivity index (χ2v) is 17.6. The molecular weight excluding hydrogens is 881 g/mol. The molecule has 0 aliphatic carbocycles. The van der Waals surface area contributed by atoms with Gasteiger partial charge in [-0.1, -0.05) is 24.3 Å². The maximum atomic E-state index is 13.4. The zero-order valence-corrected chi connectivity index (χ0v) is 36.9. The number of ether oxygens (including phenoxy) is 2. The predicted molar refractivity (Wildman–Crippen MR) is 248 cm³/mol. The summed E-state index contributed by atoms with van der Waals surface area (Å²) < 4.78 is 80.6. The summed E-state index contributed by atoms with van der Waals surface area (Å²) in [5.74, 6) is 0.0535. The molecule has 7 aromatic rings. The van der Waals surface area contributed by atoms with Gasteiger partial charge in [0.2, 0.25) is 0 Å². The lowest BCUT2D eigenvalue weighted by Gasteiger charge is -2.12. The topological polar surface area (TPSA) is 238 Å². The summed E-state index contributed by atoms with van der Waals surface area (Å²) in [6, 6.07) is 30.8. The second-order valence-electron chi connectivity index (χ2n) is 14.4. The molecule has 0 saturated heterocycles. The van der Waals surface area contributed by atoms with Gasteiger partial charge in [0.05, 0.1) is 25.1 Å². The first-order valence-electron chi connectivity index (χ1n) is 19.3. The number of nitrogens with one attached hydrogen (secondary N) is 2. The molecule has 0 radical (unpaired) electrons. The molecule has 0 aromatic heterocycles. The van der Waals surface area contributed by atoms with Gasteiger partial charge in [0.15, 0.2) is 5.75 Å². The molecule has 0 fully saturated rings. The van der Waals surface area contributed by atoms with Crippen LogP contribution in [-0.4, -0.2) is 56.4 Å². The molecule has 16 nitrogen and oxygen atoms in total. The van der Waals surface area contributed by atoms with Crippen molar-refractivity contribution >= 4 is 100 Å². The minimum atomic E-state index is -4.85. The van der Waals surface area contributed by atoms with Crippen molar-refractivity contribution in [3.8, 4) is 17.2 Å². The number of azo groups is 2. The summed E-state index contributed by atoms with van der Waals surface area (Å²) in [5, 5.41) is 35.6. The molecule has 0 aliphatic rings. The van der Waals surface area contributed by atoms with Crippen LogP contribution in [0, 0.1) is 13.8 Å². The third kappa shape index (κ3) is 10.3. The Morgan fingerprint density at radius 3 is 1.97 bits per heavy atom.